The highest BCUT2D eigenvalue weighted by atomic mass is 16.5. The number of rotatable bonds is 5. The van der Waals surface area contributed by atoms with E-state index in [-0.39, 0.29) is 17.3 Å². The molecule has 0 aliphatic heterocycles. The molecular weight excluding hydrogens is 380 g/mol. The van der Waals surface area contributed by atoms with Crippen LogP contribution in [0.2, 0.25) is 0 Å². The molecular formula is C23H22N4O3. The molecule has 152 valence electrons. The van der Waals surface area contributed by atoms with Crippen LogP contribution in [0.25, 0.3) is 11.1 Å². The van der Waals surface area contributed by atoms with Crippen LogP contribution in [0.4, 0.5) is 11.8 Å². The molecule has 1 aromatic heterocycles. The molecule has 0 unspecified atom stereocenters. The number of methoxy groups -OCH3 is 1. The monoisotopic (exact) mass is 402 g/mol. The Labute approximate surface area is 174 Å². The van der Waals surface area contributed by atoms with E-state index in [4.69, 9.17) is 21.3 Å². The smallest absolute Gasteiger partial charge is 0.335 e. The molecule has 1 heterocycles. The number of carboxylic acid groups (broad SMARTS) is 1. The minimum absolute atomic E-state index is 0.140. The summed E-state index contributed by atoms with van der Waals surface area (Å²) >= 11 is 0. The molecule has 0 amide bonds. The van der Waals surface area contributed by atoms with Crippen LogP contribution in [0.5, 0.6) is 5.75 Å². The van der Waals surface area contributed by atoms with Gasteiger partial charge in [0.05, 0.1) is 23.9 Å². The summed E-state index contributed by atoms with van der Waals surface area (Å²) in [5.41, 5.74) is 15.9. The van der Waals surface area contributed by atoms with Gasteiger partial charge in [-0.2, -0.15) is 4.98 Å². The van der Waals surface area contributed by atoms with Crippen molar-refractivity contribution in [1.29, 1.82) is 0 Å². The Morgan fingerprint density at radius 2 is 1.83 bits per heavy atom. The van der Waals surface area contributed by atoms with Crippen molar-refractivity contribution in [2.45, 2.75) is 19.8 Å². The van der Waals surface area contributed by atoms with Crippen LogP contribution in [-0.4, -0.2) is 28.2 Å². The molecule has 7 nitrogen and oxygen atoms in total. The van der Waals surface area contributed by atoms with Crippen LogP contribution in [0.3, 0.4) is 0 Å². The fourth-order valence-corrected chi connectivity index (χ4v) is 3.03. The number of hydrogen-bond acceptors (Lipinski definition) is 6. The summed E-state index contributed by atoms with van der Waals surface area (Å²) in [6, 6.07) is 12.5. The number of nitrogens with two attached hydrogens (primary N) is 2. The summed E-state index contributed by atoms with van der Waals surface area (Å²) in [5, 5.41) is 9.08. The van der Waals surface area contributed by atoms with Gasteiger partial charge in [0.15, 0.2) is 0 Å². The molecule has 5 N–H and O–H groups in total. The molecule has 2 aromatic carbocycles. The van der Waals surface area contributed by atoms with Gasteiger partial charge in [-0.3, -0.25) is 0 Å². The Balaban J connectivity index is 1.91. The zero-order valence-corrected chi connectivity index (χ0v) is 16.8. The zero-order valence-electron chi connectivity index (χ0n) is 16.8. The first-order chi connectivity index (χ1) is 14.4. The van der Waals surface area contributed by atoms with Gasteiger partial charge in [0.2, 0.25) is 5.95 Å². The van der Waals surface area contributed by atoms with E-state index in [0.29, 0.717) is 24.2 Å². The lowest BCUT2D eigenvalue weighted by molar-refractivity contribution is 0.0697. The first-order valence-electron chi connectivity index (χ1n) is 9.33. The lowest BCUT2D eigenvalue weighted by Gasteiger charge is -2.08. The normalized spacial score (nSPS) is 10.2. The predicted octanol–water partition coefficient (Wildman–Crippen LogP) is 3.17. The number of carbonyl (C=O) groups is 1. The summed E-state index contributed by atoms with van der Waals surface area (Å²) in [6.45, 7) is 1.95. The van der Waals surface area contributed by atoms with Crippen LogP contribution in [0, 0.1) is 11.8 Å². The van der Waals surface area contributed by atoms with Gasteiger partial charge in [0.1, 0.15) is 11.6 Å². The van der Waals surface area contributed by atoms with Crippen LogP contribution >= 0.6 is 0 Å². The molecule has 3 aromatic rings. The SMILES string of the molecule is CCc1nc(N)nc(N)c1C#CCc1cc(OC)cc(-c2ccc(C(=O)O)cc2)c1. The van der Waals surface area contributed by atoms with Crippen molar-refractivity contribution in [1.82, 2.24) is 9.97 Å². The Bertz CT molecular complexity index is 1150. The summed E-state index contributed by atoms with van der Waals surface area (Å²) in [4.78, 5) is 19.3. The minimum Gasteiger partial charge on any atom is -0.497 e. The summed E-state index contributed by atoms with van der Waals surface area (Å²) in [7, 11) is 1.60. The molecule has 0 saturated heterocycles. The van der Waals surface area contributed by atoms with Crippen molar-refractivity contribution in [3.63, 3.8) is 0 Å². The topological polar surface area (TPSA) is 124 Å². The van der Waals surface area contributed by atoms with Gasteiger partial charge in [-0.15, -0.1) is 0 Å². The average molecular weight is 402 g/mol. The van der Waals surface area contributed by atoms with Crippen LogP contribution in [0.1, 0.15) is 34.1 Å². The maximum Gasteiger partial charge on any atom is 0.335 e. The lowest BCUT2D eigenvalue weighted by Crippen LogP contribution is -2.06. The second-order valence-corrected chi connectivity index (χ2v) is 6.57. The third-order valence-electron chi connectivity index (χ3n) is 4.54. The third-order valence-corrected chi connectivity index (χ3v) is 4.54. The van der Waals surface area contributed by atoms with E-state index < -0.39 is 5.97 Å². The van der Waals surface area contributed by atoms with E-state index in [0.717, 1.165) is 22.4 Å². The van der Waals surface area contributed by atoms with E-state index >= 15 is 0 Å². The molecule has 30 heavy (non-hydrogen) atoms. The zero-order chi connectivity index (χ0) is 21.7. The van der Waals surface area contributed by atoms with Crippen LogP contribution in [-0.2, 0) is 12.8 Å². The molecule has 0 aliphatic rings. The fraction of sp³-hybridized carbons (Fsp3) is 0.174. The molecule has 0 radical (unpaired) electrons. The van der Waals surface area contributed by atoms with E-state index in [1.165, 1.54) is 0 Å². The van der Waals surface area contributed by atoms with Gasteiger partial charge < -0.3 is 21.3 Å². The first kappa shape index (κ1) is 20.7. The molecule has 3 rings (SSSR count). The number of ether oxygens (including phenoxy) is 1. The molecule has 0 spiro atoms. The van der Waals surface area contributed by atoms with Gasteiger partial charge >= 0.3 is 5.97 Å². The predicted molar refractivity (Wildman–Crippen MR) is 116 cm³/mol. The number of benzene rings is 2. The number of nitrogens with zero attached hydrogens (tertiary/aromatic N) is 2. The average Bonchev–Trinajstić information content (AvgIpc) is 2.74. The number of aromatic carboxylic acids is 1. The van der Waals surface area contributed by atoms with Crippen molar-refractivity contribution in [2.75, 3.05) is 18.6 Å². The van der Waals surface area contributed by atoms with Gasteiger partial charge in [-0.1, -0.05) is 30.9 Å². The van der Waals surface area contributed by atoms with Crippen molar-refractivity contribution >= 4 is 17.7 Å². The van der Waals surface area contributed by atoms with Crippen molar-refractivity contribution in [3.8, 4) is 28.7 Å². The standard InChI is InChI=1S/C23H22N4O3/c1-3-20-19(21(24)27-23(25)26-20)6-4-5-14-11-17(13-18(12-14)30-2)15-7-9-16(10-8-15)22(28)29/h7-13H,3,5H2,1-2H3,(H,28,29)(H4,24,25,26,27). The number of hydrogen-bond donors (Lipinski definition) is 3. The van der Waals surface area contributed by atoms with Gasteiger partial charge in [-0.25, -0.2) is 9.78 Å². The number of carboxylic acids is 1. The molecule has 0 atom stereocenters. The lowest BCUT2D eigenvalue weighted by atomic mass is 10.00. The third kappa shape index (κ3) is 4.67. The Morgan fingerprint density at radius 1 is 1.10 bits per heavy atom. The Morgan fingerprint density at radius 3 is 2.47 bits per heavy atom. The Kier molecular flexibility index (Phi) is 6.18. The summed E-state index contributed by atoms with van der Waals surface area (Å²) in [5.74, 6) is 6.33. The van der Waals surface area contributed by atoms with E-state index in [1.807, 2.05) is 25.1 Å². The number of aryl methyl sites for hydroxylation is 1. The van der Waals surface area contributed by atoms with Crippen LogP contribution < -0.4 is 16.2 Å². The van der Waals surface area contributed by atoms with E-state index in [9.17, 15) is 4.79 Å². The highest BCUT2D eigenvalue weighted by Crippen LogP contribution is 2.27. The highest BCUT2D eigenvalue weighted by molar-refractivity contribution is 5.88. The summed E-state index contributed by atoms with van der Waals surface area (Å²) < 4.78 is 5.42. The largest absolute Gasteiger partial charge is 0.497 e. The minimum atomic E-state index is -0.958. The van der Waals surface area contributed by atoms with Gasteiger partial charge in [-0.05, 0) is 53.4 Å². The molecule has 0 bridgehead atoms. The second kappa shape index (κ2) is 8.97. The molecule has 7 heteroatoms. The quantitative estimate of drug-likeness (QED) is 0.560. The van der Waals surface area contributed by atoms with E-state index in [1.54, 1.807) is 31.4 Å². The van der Waals surface area contributed by atoms with Crippen LogP contribution in [0.15, 0.2) is 42.5 Å². The number of aromatic nitrogens is 2. The molecule has 0 saturated carbocycles. The van der Waals surface area contributed by atoms with Crippen molar-refractivity contribution in [2.24, 2.45) is 0 Å². The van der Waals surface area contributed by atoms with Gasteiger partial charge in [0.25, 0.3) is 0 Å². The van der Waals surface area contributed by atoms with Crippen molar-refractivity contribution < 1.29 is 14.6 Å². The first-order valence-corrected chi connectivity index (χ1v) is 9.33. The number of nitrogen functional groups attached to an aromatic ring is 2. The molecule has 0 aliphatic carbocycles. The van der Waals surface area contributed by atoms with Crippen molar-refractivity contribution in [3.05, 3.63) is 64.8 Å². The summed E-state index contributed by atoms with van der Waals surface area (Å²) in [6.07, 6.45) is 1.11. The number of anilines is 2. The fourth-order valence-electron chi connectivity index (χ4n) is 3.03. The Hall–Kier alpha value is -4.05. The molecule has 0 fully saturated rings. The van der Waals surface area contributed by atoms with Gasteiger partial charge in [0, 0.05) is 6.42 Å². The maximum absolute atomic E-state index is 11.1. The second-order valence-electron chi connectivity index (χ2n) is 6.57. The van der Waals surface area contributed by atoms with E-state index in [2.05, 4.69) is 21.8 Å². The maximum atomic E-state index is 11.1. The highest BCUT2D eigenvalue weighted by Gasteiger charge is 2.08.